The first kappa shape index (κ1) is 16.1. The van der Waals surface area contributed by atoms with Gasteiger partial charge in [-0.3, -0.25) is 0 Å². The zero-order valence-corrected chi connectivity index (χ0v) is 12.8. The van der Waals surface area contributed by atoms with Gasteiger partial charge in [-0.15, -0.1) is 0 Å². The van der Waals surface area contributed by atoms with Gasteiger partial charge < -0.3 is 9.64 Å². The number of hydrogen-bond donors (Lipinski definition) is 0. The third-order valence-electron chi connectivity index (χ3n) is 2.45. The fourth-order valence-corrected chi connectivity index (χ4v) is 1.94. The van der Waals surface area contributed by atoms with Gasteiger partial charge >= 0.3 is 0 Å². The highest BCUT2D eigenvalue weighted by Crippen LogP contribution is 2.32. The lowest BCUT2D eigenvalue weighted by Gasteiger charge is -2.27. The molecule has 0 aliphatic rings. The highest BCUT2D eigenvalue weighted by molar-refractivity contribution is 6.68. The zero-order valence-electron chi connectivity index (χ0n) is 10.6. The van der Waals surface area contributed by atoms with Gasteiger partial charge in [-0.2, -0.15) is 0 Å². The predicted molar refractivity (Wildman–Crippen MR) is 78.7 cm³/mol. The number of halogens is 3. The van der Waals surface area contributed by atoms with E-state index in [-0.39, 0.29) is 0 Å². The SMILES string of the molecule is CN(C)C[C@@H](OCCc1ccccc1)C(Cl)(Cl)Cl. The third-order valence-corrected chi connectivity index (χ3v) is 3.18. The second-order valence-electron chi connectivity index (χ2n) is 4.40. The summed E-state index contributed by atoms with van der Waals surface area (Å²) in [6.45, 7) is 1.11. The molecule has 0 aliphatic heterocycles. The lowest BCUT2D eigenvalue weighted by Crippen LogP contribution is -2.38. The second-order valence-corrected chi connectivity index (χ2v) is 6.77. The number of ether oxygens (including phenoxy) is 1. The van der Waals surface area contributed by atoms with Gasteiger partial charge in [0.25, 0.3) is 0 Å². The molecule has 18 heavy (non-hydrogen) atoms. The monoisotopic (exact) mass is 309 g/mol. The Hall–Kier alpha value is 0.01000. The molecule has 1 aromatic carbocycles. The Morgan fingerprint density at radius 2 is 1.78 bits per heavy atom. The van der Waals surface area contributed by atoms with E-state index in [1.54, 1.807) is 0 Å². The van der Waals surface area contributed by atoms with Crippen LogP contribution in [-0.2, 0) is 11.2 Å². The smallest absolute Gasteiger partial charge is 0.217 e. The van der Waals surface area contributed by atoms with Crippen molar-refractivity contribution in [2.75, 3.05) is 27.2 Å². The van der Waals surface area contributed by atoms with E-state index < -0.39 is 9.90 Å². The summed E-state index contributed by atoms with van der Waals surface area (Å²) in [5, 5.41) is 0. The lowest BCUT2D eigenvalue weighted by molar-refractivity contribution is 0.0403. The van der Waals surface area contributed by atoms with E-state index >= 15 is 0 Å². The minimum Gasteiger partial charge on any atom is -0.372 e. The minimum atomic E-state index is -1.40. The first-order valence-electron chi connectivity index (χ1n) is 5.76. The summed E-state index contributed by atoms with van der Waals surface area (Å²) in [4.78, 5) is 1.94. The molecule has 0 saturated carbocycles. The first-order valence-corrected chi connectivity index (χ1v) is 6.90. The Balaban J connectivity index is 2.43. The topological polar surface area (TPSA) is 12.5 Å². The molecule has 1 atom stereocenters. The van der Waals surface area contributed by atoms with Crippen molar-refractivity contribution in [2.24, 2.45) is 0 Å². The van der Waals surface area contributed by atoms with Crippen LogP contribution in [-0.4, -0.2) is 42.0 Å². The molecule has 1 aromatic rings. The van der Waals surface area contributed by atoms with Crippen molar-refractivity contribution < 1.29 is 4.74 Å². The van der Waals surface area contributed by atoms with Gasteiger partial charge in [-0.1, -0.05) is 65.1 Å². The molecule has 5 heteroatoms. The van der Waals surface area contributed by atoms with E-state index in [2.05, 4.69) is 12.1 Å². The molecule has 0 amide bonds. The molecule has 102 valence electrons. The summed E-state index contributed by atoms with van der Waals surface area (Å²) in [7, 11) is 3.84. The van der Waals surface area contributed by atoms with E-state index in [1.807, 2.05) is 37.2 Å². The van der Waals surface area contributed by atoms with Gasteiger partial charge in [-0.05, 0) is 26.1 Å². The molecule has 2 nitrogen and oxygen atoms in total. The van der Waals surface area contributed by atoms with Crippen LogP contribution >= 0.6 is 34.8 Å². The van der Waals surface area contributed by atoms with Crippen molar-refractivity contribution in [2.45, 2.75) is 16.3 Å². The van der Waals surface area contributed by atoms with E-state index in [4.69, 9.17) is 39.5 Å². The molecule has 0 aliphatic carbocycles. The molecule has 0 bridgehead atoms. The van der Waals surface area contributed by atoms with Gasteiger partial charge in [0, 0.05) is 6.54 Å². The standard InChI is InChI=1S/C13H18Cl3NO/c1-17(2)10-12(13(14,15)16)18-9-8-11-6-4-3-5-7-11/h3-7,12H,8-10H2,1-2H3/t12-/m1/s1. The van der Waals surface area contributed by atoms with Crippen LogP contribution in [0.5, 0.6) is 0 Å². The van der Waals surface area contributed by atoms with Crippen LogP contribution in [0.1, 0.15) is 5.56 Å². The molecule has 0 fully saturated rings. The summed E-state index contributed by atoms with van der Waals surface area (Å²) in [5.41, 5.74) is 1.21. The van der Waals surface area contributed by atoms with Crippen molar-refractivity contribution >= 4 is 34.8 Å². The van der Waals surface area contributed by atoms with E-state index in [0.717, 1.165) is 6.42 Å². The highest BCUT2D eigenvalue weighted by Gasteiger charge is 2.33. The predicted octanol–water partition coefficient (Wildman–Crippen LogP) is 3.55. The maximum atomic E-state index is 5.90. The van der Waals surface area contributed by atoms with Gasteiger partial charge in [-0.25, -0.2) is 0 Å². The minimum absolute atomic E-state index is 0.429. The second kappa shape index (κ2) is 7.56. The van der Waals surface area contributed by atoms with Crippen molar-refractivity contribution in [1.29, 1.82) is 0 Å². The van der Waals surface area contributed by atoms with Crippen LogP contribution in [0, 0.1) is 0 Å². The first-order chi connectivity index (χ1) is 8.39. The number of benzene rings is 1. The average molecular weight is 311 g/mol. The van der Waals surface area contributed by atoms with Crippen LogP contribution in [0.3, 0.4) is 0 Å². The normalized spacial score (nSPS) is 13.9. The lowest BCUT2D eigenvalue weighted by atomic mass is 10.2. The number of alkyl halides is 3. The summed E-state index contributed by atoms with van der Waals surface area (Å²) < 4.78 is 4.28. The Kier molecular flexibility index (Phi) is 6.75. The van der Waals surface area contributed by atoms with Crippen LogP contribution in [0.25, 0.3) is 0 Å². The van der Waals surface area contributed by atoms with Crippen LogP contribution in [0.2, 0.25) is 0 Å². The van der Waals surface area contributed by atoms with Crippen LogP contribution in [0.15, 0.2) is 30.3 Å². The number of rotatable bonds is 6. The molecular weight excluding hydrogens is 293 g/mol. The van der Waals surface area contributed by atoms with Crippen molar-refractivity contribution in [3.8, 4) is 0 Å². The Bertz CT molecular complexity index is 338. The Labute approximate surface area is 124 Å². The van der Waals surface area contributed by atoms with E-state index in [0.29, 0.717) is 13.2 Å². The quantitative estimate of drug-likeness (QED) is 0.745. The molecule has 0 spiro atoms. The van der Waals surface area contributed by atoms with E-state index in [1.165, 1.54) is 5.56 Å². The molecule has 0 heterocycles. The van der Waals surface area contributed by atoms with Crippen molar-refractivity contribution in [1.82, 2.24) is 4.90 Å². The molecule has 0 aromatic heterocycles. The Morgan fingerprint density at radius 1 is 1.17 bits per heavy atom. The molecular formula is C13H18Cl3NO. The third kappa shape index (κ3) is 6.26. The molecule has 0 unspecified atom stereocenters. The molecule has 0 N–H and O–H groups in total. The molecule has 0 radical (unpaired) electrons. The zero-order chi connectivity index (χ0) is 13.6. The van der Waals surface area contributed by atoms with Crippen molar-refractivity contribution in [3.05, 3.63) is 35.9 Å². The summed E-state index contributed by atoms with van der Waals surface area (Å²) >= 11 is 17.7. The summed E-state index contributed by atoms with van der Waals surface area (Å²) in [6, 6.07) is 10.1. The maximum Gasteiger partial charge on any atom is 0.217 e. The Morgan fingerprint density at radius 3 is 2.28 bits per heavy atom. The molecule has 0 saturated heterocycles. The highest BCUT2D eigenvalue weighted by atomic mass is 35.6. The summed E-state index contributed by atoms with van der Waals surface area (Å²) in [5.74, 6) is 0. The van der Waals surface area contributed by atoms with Crippen LogP contribution < -0.4 is 0 Å². The average Bonchev–Trinajstić information content (AvgIpc) is 2.27. The number of likely N-dealkylation sites (N-methyl/N-ethyl adjacent to an activating group) is 1. The van der Waals surface area contributed by atoms with Crippen LogP contribution in [0.4, 0.5) is 0 Å². The largest absolute Gasteiger partial charge is 0.372 e. The fourth-order valence-electron chi connectivity index (χ4n) is 1.55. The maximum absolute atomic E-state index is 5.90. The van der Waals surface area contributed by atoms with Gasteiger partial charge in [0.1, 0.15) is 6.10 Å². The fraction of sp³-hybridized carbons (Fsp3) is 0.538. The van der Waals surface area contributed by atoms with E-state index in [9.17, 15) is 0 Å². The van der Waals surface area contributed by atoms with Gasteiger partial charge in [0.05, 0.1) is 6.61 Å². The number of nitrogens with zero attached hydrogens (tertiary/aromatic N) is 1. The number of hydrogen-bond acceptors (Lipinski definition) is 2. The van der Waals surface area contributed by atoms with Gasteiger partial charge in [0.15, 0.2) is 0 Å². The summed E-state index contributed by atoms with van der Waals surface area (Å²) in [6.07, 6.45) is 0.382. The molecule has 1 rings (SSSR count). The van der Waals surface area contributed by atoms with Crippen molar-refractivity contribution in [3.63, 3.8) is 0 Å². The van der Waals surface area contributed by atoms with Gasteiger partial charge in [0.2, 0.25) is 3.79 Å².